The Bertz CT molecular complexity index is 172. The Morgan fingerprint density at radius 1 is 0.857 bits per heavy atom. The summed E-state index contributed by atoms with van der Waals surface area (Å²) < 4.78 is 0. The van der Waals surface area contributed by atoms with Crippen LogP contribution in [0.15, 0.2) is 36.5 Å². The van der Waals surface area contributed by atoms with E-state index in [0.717, 1.165) is 6.42 Å². The van der Waals surface area contributed by atoms with E-state index in [9.17, 15) is 0 Å². The van der Waals surface area contributed by atoms with Crippen LogP contribution >= 0.6 is 0 Å². The van der Waals surface area contributed by atoms with Gasteiger partial charge in [-0.05, 0) is 19.3 Å². The molecule has 0 amide bonds. The Morgan fingerprint density at radius 3 is 2.07 bits per heavy atom. The molecule has 0 aromatic heterocycles. The highest BCUT2D eigenvalue weighted by Crippen LogP contribution is 1.99. The Balaban J connectivity index is 3.31. The minimum atomic E-state index is 1.06. The molecule has 0 saturated heterocycles. The molecule has 0 unspecified atom stereocenters. The van der Waals surface area contributed by atoms with Crippen molar-refractivity contribution in [3.05, 3.63) is 43.4 Å². The summed E-state index contributed by atoms with van der Waals surface area (Å²) >= 11 is 0. The van der Waals surface area contributed by atoms with Crippen molar-refractivity contribution in [2.45, 2.75) is 45.4 Å². The molecule has 0 N–H and O–H groups in total. The van der Waals surface area contributed by atoms with Gasteiger partial charge in [0, 0.05) is 0 Å². The average Bonchev–Trinajstić information content (AvgIpc) is 2.21. The molecule has 0 aliphatic carbocycles. The standard InChI is InChI=1S/C14H23/c1-3-5-7-9-11-13-14-12-10-8-6-4-2/h8,10-14H,1,3-7,9H2,2H3. The molecular formula is C14H23. The van der Waals surface area contributed by atoms with E-state index < -0.39 is 0 Å². The summed E-state index contributed by atoms with van der Waals surface area (Å²) in [4.78, 5) is 0. The van der Waals surface area contributed by atoms with E-state index in [1.165, 1.54) is 32.1 Å². The SMILES string of the molecule is [CH2]CCCCC=CC=CC=CCCC. The van der Waals surface area contributed by atoms with Crippen molar-refractivity contribution in [1.82, 2.24) is 0 Å². The maximum absolute atomic E-state index is 3.81. The van der Waals surface area contributed by atoms with E-state index in [4.69, 9.17) is 0 Å². The van der Waals surface area contributed by atoms with Crippen LogP contribution in [0, 0.1) is 6.92 Å². The highest BCUT2D eigenvalue weighted by molar-refractivity contribution is 5.10. The molecule has 0 fully saturated rings. The first-order valence-electron chi connectivity index (χ1n) is 5.69. The molecule has 0 saturated carbocycles. The van der Waals surface area contributed by atoms with Gasteiger partial charge in [-0.15, -0.1) is 0 Å². The fourth-order valence-electron chi connectivity index (χ4n) is 1.08. The zero-order chi connectivity index (χ0) is 10.5. The van der Waals surface area contributed by atoms with Crippen molar-refractivity contribution in [3.63, 3.8) is 0 Å². The van der Waals surface area contributed by atoms with Gasteiger partial charge in [-0.1, -0.05) is 69.6 Å². The first kappa shape index (κ1) is 13.2. The zero-order valence-electron chi connectivity index (χ0n) is 9.41. The fraction of sp³-hybridized carbons (Fsp3) is 0.500. The van der Waals surface area contributed by atoms with E-state index in [2.05, 4.69) is 50.3 Å². The molecule has 1 radical (unpaired) electrons. The second-order valence-electron chi connectivity index (χ2n) is 3.38. The third kappa shape index (κ3) is 11.2. The summed E-state index contributed by atoms with van der Waals surface area (Å²) in [5, 5.41) is 0. The first-order valence-corrected chi connectivity index (χ1v) is 5.69. The Morgan fingerprint density at radius 2 is 1.50 bits per heavy atom. The summed E-state index contributed by atoms with van der Waals surface area (Å²) in [5.41, 5.74) is 0. The molecule has 0 heterocycles. The lowest BCUT2D eigenvalue weighted by atomic mass is 10.2. The number of allylic oxidation sites excluding steroid dienone is 6. The summed E-state index contributed by atoms with van der Waals surface area (Å²) in [6, 6.07) is 0. The predicted molar refractivity (Wildman–Crippen MR) is 66.2 cm³/mol. The minimum absolute atomic E-state index is 1.06. The van der Waals surface area contributed by atoms with Crippen LogP contribution in [0.4, 0.5) is 0 Å². The van der Waals surface area contributed by atoms with Crippen LogP contribution in [0.1, 0.15) is 45.4 Å². The molecule has 0 rings (SSSR count). The van der Waals surface area contributed by atoms with Crippen molar-refractivity contribution in [2.24, 2.45) is 0 Å². The fourth-order valence-corrected chi connectivity index (χ4v) is 1.08. The third-order valence-corrected chi connectivity index (χ3v) is 1.93. The minimum Gasteiger partial charge on any atom is -0.0845 e. The average molecular weight is 191 g/mol. The summed E-state index contributed by atoms with van der Waals surface area (Å²) in [6.07, 6.45) is 20.0. The lowest BCUT2D eigenvalue weighted by Gasteiger charge is -1.89. The molecule has 79 valence electrons. The molecule has 0 aromatic rings. The molecule has 0 aromatic carbocycles. The lowest BCUT2D eigenvalue weighted by molar-refractivity contribution is 0.760. The second kappa shape index (κ2) is 12.2. The number of hydrogen-bond donors (Lipinski definition) is 0. The van der Waals surface area contributed by atoms with Gasteiger partial charge in [-0.25, -0.2) is 0 Å². The topological polar surface area (TPSA) is 0 Å². The van der Waals surface area contributed by atoms with E-state index in [1.807, 2.05) is 0 Å². The molecule has 0 heteroatoms. The van der Waals surface area contributed by atoms with E-state index in [-0.39, 0.29) is 0 Å². The summed E-state index contributed by atoms with van der Waals surface area (Å²) in [7, 11) is 0. The van der Waals surface area contributed by atoms with E-state index >= 15 is 0 Å². The van der Waals surface area contributed by atoms with Gasteiger partial charge in [0.05, 0.1) is 0 Å². The number of unbranched alkanes of at least 4 members (excludes halogenated alkanes) is 4. The van der Waals surface area contributed by atoms with Gasteiger partial charge in [0.25, 0.3) is 0 Å². The molecular weight excluding hydrogens is 168 g/mol. The first-order chi connectivity index (χ1) is 6.91. The smallest absolute Gasteiger partial charge is 0.0348 e. The normalized spacial score (nSPS) is 12.4. The van der Waals surface area contributed by atoms with Crippen molar-refractivity contribution in [3.8, 4) is 0 Å². The van der Waals surface area contributed by atoms with Gasteiger partial charge < -0.3 is 0 Å². The maximum atomic E-state index is 3.81. The van der Waals surface area contributed by atoms with Crippen LogP contribution in [0.25, 0.3) is 0 Å². The molecule has 0 nitrogen and oxygen atoms in total. The van der Waals surface area contributed by atoms with Gasteiger partial charge >= 0.3 is 0 Å². The zero-order valence-corrected chi connectivity index (χ0v) is 9.41. The second-order valence-corrected chi connectivity index (χ2v) is 3.38. The molecule has 0 spiro atoms. The van der Waals surface area contributed by atoms with Gasteiger partial charge in [-0.3, -0.25) is 0 Å². The van der Waals surface area contributed by atoms with Gasteiger partial charge in [0.2, 0.25) is 0 Å². The van der Waals surface area contributed by atoms with Gasteiger partial charge in [0.1, 0.15) is 0 Å². The van der Waals surface area contributed by atoms with E-state index in [0.29, 0.717) is 0 Å². The Hall–Kier alpha value is -0.780. The highest BCUT2D eigenvalue weighted by Gasteiger charge is 1.79. The maximum Gasteiger partial charge on any atom is -0.0348 e. The molecule has 0 aliphatic rings. The molecule has 14 heavy (non-hydrogen) atoms. The van der Waals surface area contributed by atoms with Crippen LogP contribution in [0.3, 0.4) is 0 Å². The highest BCUT2D eigenvalue weighted by atomic mass is 13.9. The van der Waals surface area contributed by atoms with Crippen LogP contribution in [-0.4, -0.2) is 0 Å². The van der Waals surface area contributed by atoms with Crippen molar-refractivity contribution in [1.29, 1.82) is 0 Å². The van der Waals surface area contributed by atoms with Crippen molar-refractivity contribution in [2.75, 3.05) is 0 Å². The number of rotatable bonds is 8. The monoisotopic (exact) mass is 191 g/mol. The number of hydrogen-bond acceptors (Lipinski definition) is 0. The van der Waals surface area contributed by atoms with Gasteiger partial charge in [-0.2, -0.15) is 0 Å². The Kier molecular flexibility index (Phi) is 11.5. The van der Waals surface area contributed by atoms with Crippen molar-refractivity contribution >= 4 is 0 Å². The lowest BCUT2D eigenvalue weighted by Crippen LogP contribution is -1.69. The molecule has 0 atom stereocenters. The predicted octanol–water partition coefficient (Wildman–Crippen LogP) is 4.85. The van der Waals surface area contributed by atoms with Crippen LogP contribution < -0.4 is 0 Å². The van der Waals surface area contributed by atoms with E-state index in [1.54, 1.807) is 0 Å². The van der Waals surface area contributed by atoms with Crippen LogP contribution in [0.2, 0.25) is 0 Å². The van der Waals surface area contributed by atoms with Crippen LogP contribution in [0.5, 0.6) is 0 Å². The summed E-state index contributed by atoms with van der Waals surface area (Å²) in [6.45, 7) is 6.01. The molecule has 0 bridgehead atoms. The third-order valence-electron chi connectivity index (χ3n) is 1.93. The van der Waals surface area contributed by atoms with Crippen molar-refractivity contribution < 1.29 is 0 Å². The Labute approximate surface area is 89.4 Å². The quantitative estimate of drug-likeness (QED) is 0.380. The summed E-state index contributed by atoms with van der Waals surface area (Å²) in [5.74, 6) is 0. The van der Waals surface area contributed by atoms with Crippen LogP contribution in [-0.2, 0) is 0 Å². The largest absolute Gasteiger partial charge is 0.0845 e. The van der Waals surface area contributed by atoms with Gasteiger partial charge in [0.15, 0.2) is 0 Å². The molecule has 0 aliphatic heterocycles.